The summed E-state index contributed by atoms with van der Waals surface area (Å²) < 4.78 is 5.51. The lowest BCUT2D eigenvalue weighted by Gasteiger charge is -2.31. The molecule has 29 heavy (non-hydrogen) atoms. The highest BCUT2D eigenvalue weighted by Crippen LogP contribution is 2.25. The Hall–Kier alpha value is -1.75. The monoisotopic (exact) mass is 395 g/mol. The van der Waals surface area contributed by atoms with Crippen LogP contribution in [0.1, 0.15) is 53.8 Å². The smallest absolute Gasteiger partial charge is 0.0757 e. The molecule has 4 heteroatoms. The first-order valence-corrected chi connectivity index (χ1v) is 10.9. The number of ether oxygens (including phenoxy) is 1. The molecule has 0 amide bonds. The summed E-state index contributed by atoms with van der Waals surface area (Å²) in [5, 5.41) is 0. The molecule has 1 aromatic carbocycles. The number of likely N-dealkylation sites (N-methyl/N-ethyl adjacent to an activating group) is 1. The highest BCUT2D eigenvalue weighted by molar-refractivity contribution is 5.37. The number of rotatable bonds is 8. The number of piperidine rings is 1. The zero-order valence-electron chi connectivity index (χ0n) is 18.8. The van der Waals surface area contributed by atoms with Crippen molar-refractivity contribution in [3.8, 4) is 0 Å². The molecule has 0 aliphatic carbocycles. The summed E-state index contributed by atoms with van der Waals surface area (Å²) in [6.07, 6.45) is 4.51. The number of aromatic nitrogens is 1. The Labute approximate surface area is 176 Å². The van der Waals surface area contributed by atoms with E-state index in [0.29, 0.717) is 6.61 Å². The van der Waals surface area contributed by atoms with E-state index in [9.17, 15) is 0 Å². The number of hydrogen-bond acceptors (Lipinski definition) is 4. The van der Waals surface area contributed by atoms with Crippen molar-refractivity contribution in [2.45, 2.75) is 52.7 Å². The molecule has 158 valence electrons. The van der Waals surface area contributed by atoms with E-state index < -0.39 is 0 Å². The molecule has 0 saturated carbocycles. The molecule has 1 unspecified atom stereocenters. The van der Waals surface area contributed by atoms with Crippen molar-refractivity contribution in [1.29, 1.82) is 0 Å². The molecule has 3 rings (SSSR count). The highest BCUT2D eigenvalue weighted by atomic mass is 16.5. The molecular formula is C25H37N3O. The lowest BCUT2D eigenvalue weighted by atomic mass is 9.96. The second-order valence-corrected chi connectivity index (χ2v) is 8.80. The normalized spacial score (nSPS) is 17.0. The van der Waals surface area contributed by atoms with Gasteiger partial charge in [0.2, 0.25) is 0 Å². The predicted molar refractivity (Wildman–Crippen MR) is 120 cm³/mol. The van der Waals surface area contributed by atoms with E-state index in [0.717, 1.165) is 24.7 Å². The summed E-state index contributed by atoms with van der Waals surface area (Å²) >= 11 is 0. The van der Waals surface area contributed by atoms with Gasteiger partial charge in [0.05, 0.1) is 18.3 Å². The van der Waals surface area contributed by atoms with Gasteiger partial charge in [-0.25, -0.2) is 0 Å². The summed E-state index contributed by atoms with van der Waals surface area (Å²) in [7, 11) is 3.93. The Bertz CT molecular complexity index is 769. The minimum absolute atomic E-state index is 0.147. The topological polar surface area (TPSA) is 28.6 Å². The lowest BCUT2D eigenvalue weighted by molar-refractivity contribution is 0.0998. The van der Waals surface area contributed by atoms with E-state index in [1.807, 2.05) is 18.3 Å². The Balaban J connectivity index is 1.75. The van der Waals surface area contributed by atoms with Gasteiger partial charge >= 0.3 is 0 Å². The number of aryl methyl sites for hydroxylation is 2. The third-order valence-electron chi connectivity index (χ3n) is 6.37. The molecule has 0 N–H and O–H groups in total. The van der Waals surface area contributed by atoms with Crippen LogP contribution < -0.4 is 0 Å². The second-order valence-electron chi connectivity index (χ2n) is 8.80. The van der Waals surface area contributed by atoms with Crippen LogP contribution in [0, 0.1) is 19.8 Å². The fraction of sp³-hybridized carbons (Fsp3) is 0.560. The molecule has 1 saturated heterocycles. The van der Waals surface area contributed by atoms with Crippen molar-refractivity contribution in [3.05, 3.63) is 64.5 Å². The number of likely N-dealkylation sites (tertiary alicyclic amines) is 1. The van der Waals surface area contributed by atoms with Crippen LogP contribution >= 0.6 is 0 Å². The van der Waals surface area contributed by atoms with E-state index >= 15 is 0 Å². The summed E-state index contributed by atoms with van der Waals surface area (Å²) in [5.74, 6) is 0.874. The largest absolute Gasteiger partial charge is 0.383 e. The quantitative estimate of drug-likeness (QED) is 0.645. The van der Waals surface area contributed by atoms with Crippen LogP contribution in [0.25, 0.3) is 0 Å². The van der Waals surface area contributed by atoms with E-state index in [4.69, 9.17) is 4.74 Å². The zero-order valence-corrected chi connectivity index (χ0v) is 18.8. The lowest BCUT2D eigenvalue weighted by Crippen LogP contribution is -2.32. The van der Waals surface area contributed by atoms with Gasteiger partial charge in [-0.2, -0.15) is 0 Å². The number of methoxy groups -OCH3 is 1. The average molecular weight is 396 g/mol. The maximum absolute atomic E-state index is 5.51. The Kier molecular flexibility index (Phi) is 7.82. The molecular weight excluding hydrogens is 358 g/mol. The Morgan fingerprint density at radius 2 is 1.86 bits per heavy atom. The molecule has 0 radical (unpaired) electrons. The van der Waals surface area contributed by atoms with Crippen molar-refractivity contribution < 1.29 is 4.74 Å². The predicted octanol–water partition coefficient (Wildman–Crippen LogP) is 4.75. The third kappa shape index (κ3) is 5.88. The maximum Gasteiger partial charge on any atom is 0.0757 e. The van der Waals surface area contributed by atoms with Gasteiger partial charge in [-0.15, -0.1) is 0 Å². The van der Waals surface area contributed by atoms with E-state index in [1.54, 1.807) is 7.11 Å². The molecule has 0 spiro atoms. The van der Waals surface area contributed by atoms with E-state index in [1.165, 1.54) is 48.2 Å². The summed E-state index contributed by atoms with van der Waals surface area (Å²) in [4.78, 5) is 9.54. The summed E-state index contributed by atoms with van der Waals surface area (Å²) in [6, 6.07) is 11.0. The van der Waals surface area contributed by atoms with Crippen LogP contribution in [0.2, 0.25) is 0 Å². The van der Waals surface area contributed by atoms with Crippen LogP contribution in [-0.2, 0) is 17.8 Å². The second kappa shape index (κ2) is 10.3. The van der Waals surface area contributed by atoms with Crippen LogP contribution in [0.15, 0.2) is 36.5 Å². The van der Waals surface area contributed by atoms with Gasteiger partial charge in [-0.1, -0.05) is 25.1 Å². The number of hydrogen-bond donors (Lipinski definition) is 0. The van der Waals surface area contributed by atoms with Gasteiger partial charge in [0, 0.05) is 26.4 Å². The first kappa shape index (κ1) is 21.9. The first-order chi connectivity index (χ1) is 14.0. The highest BCUT2D eigenvalue weighted by Gasteiger charge is 2.20. The zero-order chi connectivity index (χ0) is 20.8. The number of benzene rings is 1. The molecule has 1 atom stereocenters. The van der Waals surface area contributed by atoms with Gasteiger partial charge in [0.25, 0.3) is 0 Å². The van der Waals surface area contributed by atoms with E-state index in [2.05, 4.69) is 60.8 Å². The van der Waals surface area contributed by atoms with Crippen molar-refractivity contribution in [3.63, 3.8) is 0 Å². The van der Waals surface area contributed by atoms with Crippen LogP contribution in [0.4, 0.5) is 0 Å². The molecule has 1 fully saturated rings. The van der Waals surface area contributed by atoms with Crippen LogP contribution in [0.3, 0.4) is 0 Å². The first-order valence-electron chi connectivity index (χ1n) is 10.9. The van der Waals surface area contributed by atoms with Gasteiger partial charge in [-0.05, 0) is 87.1 Å². The van der Waals surface area contributed by atoms with Crippen molar-refractivity contribution in [2.75, 3.05) is 33.9 Å². The molecule has 2 heterocycles. The fourth-order valence-electron chi connectivity index (χ4n) is 4.30. The maximum atomic E-state index is 5.51. The van der Waals surface area contributed by atoms with Crippen molar-refractivity contribution >= 4 is 0 Å². The molecule has 1 aliphatic heterocycles. The molecule has 2 aromatic rings. The van der Waals surface area contributed by atoms with Gasteiger partial charge in [-0.3, -0.25) is 14.8 Å². The van der Waals surface area contributed by atoms with Crippen molar-refractivity contribution in [1.82, 2.24) is 14.8 Å². The van der Waals surface area contributed by atoms with Crippen LogP contribution in [0.5, 0.6) is 0 Å². The molecule has 4 nitrogen and oxygen atoms in total. The Morgan fingerprint density at radius 1 is 1.14 bits per heavy atom. The van der Waals surface area contributed by atoms with Crippen molar-refractivity contribution in [2.24, 2.45) is 5.92 Å². The standard InChI is InChI=1S/C25H37N3O/c1-19-9-12-28(13-10-19)17-23-15-22(20(2)14-21(23)3)16-27(4)25(18-29-5)24-8-6-7-11-26-24/h6-8,11,14-15,19,25H,9-10,12-13,16-18H2,1-5H3. The summed E-state index contributed by atoms with van der Waals surface area (Å²) in [6.45, 7) is 11.9. The number of pyridine rings is 1. The Morgan fingerprint density at radius 3 is 2.52 bits per heavy atom. The van der Waals surface area contributed by atoms with Gasteiger partial charge < -0.3 is 4.74 Å². The minimum Gasteiger partial charge on any atom is -0.383 e. The minimum atomic E-state index is 0.147. The van der Waals surface area contributed by atoms with Gasteiger partial charge in [0.15, 0.2) is 0 Å². The van der Waals surface area contributed by atoms with E-state index in [-0.39, 0.29) is 6.04 Å². The fourth-order valence-corrected chi connectivity index (χ4v) is 4.30. The average Bonchev–Trinajstić information content (AvgIpc) is 2.72. The molecule has 1 aliphatic rings. The SMILES string of the molecule is COCC(c1ccccn1)N(C)Cc1cc(CN2CCC(C)CC2)c(C)cc1C. The summed E-state index contributed by atoms with van der Waals surface area (Å²) in [5.41, 5.74) is 6.70. The van der Waals surface area contributed by atoms with Crippen LogP contribution in [-0.4, -0.2) is 48.6 Å². The molecule has 1 aromatic heterocycles. The number of nitrogens with zero attached hydrogens (tertiary/aromatic N) is 3. The molecule has 0 bridgehead atoms. The third-order valence-corrected chi connectivity index (χ3v) is 6.37. The van der Waals surface area contributed by atoms with Gasteiger partial charge in [0.1, 0.15) is 0 Å².